The number of ether oxygens (including phenoxy) is 1. The molecule has 6 heteroatoms. The number of hydrogen-bond acceptors (Lipinski definition) is 4. The van der Waals surface area contributed by atoms with Crippen molar-refractivity contribution in [2.45, 2.75) is 31.7 Å². The molecule has 2 saturated heterocycles. The van der Waals surface area contributed by atoms with Crippen LogP contribution in [0, 0.1) is 0 Å². The summed E-state index contributed by atoms with van der Waals surface area (Å²) in [6.45, 7) is 12.3. The van der Waals surface area contributed by atoms with Gasteiger partial charge in [0.05, 0.1) is 13.2 Å². The maximum atomic E-state index is 5.42. The van der Waals surface area contributed by atoms with Crippen LogP contribution in [0.5, 0.6) is 0 Å². The molecule has 5 nitrogen and oxygen atoms in total. The topological polar surface area (TPSA) is 40.1 Å². The Hall–Kier alpha value is -1.24. The summed E-state index contributed by atoms with van der Waals surface area (Å²) < 4.78 is 5.71. The predicted molar refractivity (Wildman–Crippen MR) is 111 cm³/mol. The lowest BCUT2D eigenvalue weighted by molar-refractivity contribution is 0.0342. The molecule has 0 bridgehead atoms. The largest absolute Gasteiger partial charge is 0.379 e. The highest BCUT2D eigenvalue weighted by atomic mass is 32.2. The van der Waals surface area contributed by atoms with Gasteiger partial charge in [-0.1, -0.05) is 24.3 Å². The van der Waals surface area contributed by atoms with Crippen molar-refractivity contribution in [2.24, 2.45) is 4.99 Å². The van der Waals surface area contributed by atoms with Gasteiger partial charge in [-0.3, -0.25) is 9.89 Å². The zero-order valence-electron chi connectivity index (χ0n) is 16.3. The number of aliphatic imine (C=N–C) groups is 1. The normalized spacial score (nSPS) is 21.7. The van der Waals surface area contributed by atoms with Crippen LogP contribution in [-0.4, -0.2) is 72.7 Å². The highest BCUT2D eigenvalue weighted by Gasteiger charge is 2.28. The SMILES string of the molecule is CN=C(NCc1ccc(CN2CCOCC2)cc1)N1CCSC(C)(C)C1. The van der Waals surface area contributed by atoms with Crippen molar-refractivity contribution in [1.29, 1.82) is 0 Å². The van der Waals surface area contributed by atoms with Crippen LogP contribution in [0.3, 0.4) is 0 Å². The minimum Gasteiger partial charge on any atom is -0.379 e. The second-order valence-electron chi connectivity index (χ2n) is 7.64. The van der Waals surface area contributed by atoms with E-state index >= 15 is 0 Å². The Morgan fingerprint density at radius 2 is 1.85 bits per heavy atom. The van der Waals surface area contributed by atoms with E-state index in [0.717, 1.165) is 64.2 Å². The van der Waals surface area contributed by atoms with Crippen molar-refractivity contribution in [3.05, 3.63) is 35.4 Å². The van der Waals surface area contributed by atoms with Gasteiger partial charge in [-0.05, 0) is 25.0 Å². The molecule has 144 valence electrons. The Kier molecular flexibility index (Phi) is 6.84. The van der Waals surface area contributed by atoms with Gasteiger partial charge >= 0.3 is 0 Å². The van der Waals surface area contributed by atoms with E-state index < -0.39 is 0 Å². The molecule has 0 amide bonds. The van der Waals surface area contributed by atoms with Crippen LogP contribution in [0.1, 0.15) is 25.0 Å². The molecule has 0 atom stereocenters. The number of rotatable bonds is 4. The molecule has 1 N–H and O–H groups in total. The molecule has 2 aliphatic heterocycles. The molecule has 26 heavy (non-hydrogen) atoms. The lowest BCUT2D eigenvalue weighted by atomic mass is 10.1. The summed E-state index contributed by atoms with van der Waals surface area (Å²) in [4.78, 5) is 9.32. The smallest absolute Gasteiger partial charge is 0.193 e. The monoisotopic (exact) mass is 376 g/mol. The molecule has 3 rings (SSSR count). The van der Waals surface area contributed by atoms with Gasteiger partial charge in [0.25, 0.3) is 0 Å². The van der Waals surface area contributed by atoms with Crippen LogP contribution in [0.25, 0.3) is 0 Å². The van der Waals surface area contributed by atoms with Gasteiger partial charge in [-0.15, -0.1) is 0 Å². The molecule has 1 aromatic rings. The van der Waals surface area contributed by atoms with E-state index in [-0.39, 0.29) is 4.75 Å². The van der Waals surface area contributed by atoms with E-state index in [1.54, 1.807) is 0 Å². The maximum Gasteiger partial charge on any atom is 0.193 e. The number of morpholine rings is 1. The molecule has 0 aliphatic carbocycles. The fourth-order valence-corrected chi connectivity index (χ4v) is 4.60. The molecule has 1 aromatic carbocycles. The van der Waals surface area contributed by atoms with E-state index in [4.69, 9.17) is 4.74 Å². The molecule has 2 heterocycles. The minimum absolute atomic E-state index is 0.289. The Balaban J connectivity index is 1.50. The number of nitrogens with one attached hydrogen (secondary N) is 1. The first-order valence-electron chi connectivity index (χ1n) is 9.53. The summed E-state index contributed by atoms with van der Waals surface area (Å²) in [6, 6.07) is 8.95. The Morgan fingerprint density at radius 3 is 2.50 bits per heavy atom. The first-order valence-corrected chi connectivity index (χ1v) is 10.5. The number of benzene rings is 1. The van der Waals surface area contributed by atoms with Gasteiger partial charge in [0.2, 0.25) is 0 Å². The standard InChI is InChI=1S/C20H32N4OS/c1-20(2)16-24(10-13-26-20)19(21-3)22-14-17-4-6-18(7-5-17)15-23-8-11-25-12-9-23/h4-7H,8-16H2,1-3H3,(H,21,22). The quantitative estimate of drug-likeness (QED) is 0.646. The molecular weight excluding hydrogens is 344 g/mol. The number of thioether (sulfide) groups is 1. The number of nitrogens with zero attached hydrogens (tertiary/aromatic N) is 3. The van der Waals surface area contributed by atoms with Crippen molar-refractivity contribution in [3.63, 3.8) is 0 Å². The summed E-state index contributed by atoms with van der Waals surface area (Å²) in [5, 5.41) is 3.53. The van der Waals surface area contributed by atoms with Crippen LogP contribution in [0.4, 0.5) is 0 Å². The first kappa shape index (κ1) is 19.5. The average Bonchev–Trinajstić information content (AvgIpc) is 2.64. The number of guanidine groups is 1. The third-order valence-corrected chi connectivity index (χ3v) is 6.22. The summed E-state index contributed by atoms with van der Waals surface area (Å²) in [6.07, 6.45) is 0. The molecular formula is C20H32N4OS. The first-order chi connectivity index (χ1) is 12.6. The van der Waals surface area contributed by atoms with Gasteiger partial charge in [0.15, 0.2) is 5.96 Å². The van der Waals surface area contributed by atoms with Gasteiger partial charge < -0.3 is 15.0 Å². The van der Waals surface area contributed by atoms with E-state index in [2.05, 4.69) is 58.2 Å². The van der Waals surface area contributed by atoms with Crippen molar-refractivity contribution < 1.29 is 4.74 Å². The molecule has 2 aliphatic rings. The fraction of sp³-hybridized carbons (Fsp3) is 0.650. The van der Waals surface area contributed by atoms with Crippen LogP contribution in [-0.2, 0) is 17.8 Å². The van der Waals surface area contributed by atoms with Gasteiger partial charge in [0, 0.05) is 56.8 Å². The maximum absolute atomic E-state index is 5.42. The summed E-state index contributed by atoms with van der Waals surface area (Å²) in [5.41, 5.74) is 2.66. The lowest BCUT2D eigenvalue weighted by Crippen LogP contribution is -2.50. The molecule has 0 saturated carbocycles. The van der Waals surface area contributed by atoms with Crippen LogP contribution in [0.15, 0.2) is 29.3 Å². The average molecular weight is 377 g/mol. The number of hydrogen-bond donors (Lipinski definition) is 1. The van der Waals surface area contributed by atoms with Crippen molar-refractivity contribution >= 4 is 17.7 Å². The molecule has 0 unspecified atom stereocenters. The second kappa shape index (κ2) is 9.11. The van der Waals surface area contributed by atoms with Crippen molar-refractivity contribution in [1.82, 2.24) is 15.1 Å². The molecule has 0 aromatic heterocycles. The third kappa shape index (κ3) is 5.63. The third-order valence-electron chi connectivity index (χ3n) is 4.92. The van der Waals surface area contributed by atoms with Crippen LogP contribution < -0.4 is 5.32 Å². The lowest BCUT2D eigenvalue weighted by Gasteiger charge is -2.39. The van der Waals surface area contributed by atoms with Gasteiger partial charge in [-0.2, -0.15) is 11.8 Å². The Morgan fingerprint density at radius 1 is 1.15 bits per heavy atom. The summed E-state index contributed by atoms with van der Waals surface area (Å²) in [5.74, 6) is 2.17. The van der Waals surface area contributed by atoms with E-state index in [0.29, 0.717) is 0 Å². The highest BCUT2D eigenvalue weighted by molar-refractivity contribution is 8.00. The van der Waals surface area contributed by atoms with Crippen LogP contribution in [0.2, 0.25) is 0 Å². The Bertz CT molecular complexity index is 596. The molecule has 0 spiro atoms. The van der Waals surface area contributed by atoms with Crippen LogP contribution >= 0.6 is 11.8 Å². The van der Waals surface area contributed by atoms with Gasteiger partial charge in [0.1, 0.15) is 0 Å². The summed E-state index contributed by atoms with van der Waals surface area (Å²) >= 11 is 2.05. The molecule has 0 radical (unpaired) electrons. The van der Waals surface area contributed by atoms with Crippen molar-refractivity contribution in [3.8, 4) is 0 Å². The van der Waals surface area contributed by atoms with E-state index in [9.17, 15) is 0 Å². The Labute approximate surface area is 162 Å². The fourth-order valence-electron chi connectivity index (χ4n) is 3.49. The van der Waals surface area contributed by atoms with E-state index in [1.165, 1.54) is 11.1 Å². The zero-order valence-corrected chi connectivity index (χ0v) is 17.1. The summed E-state index contributed by atoms with van der Waals surface area (Å²) in [7, 11) is 1.88. The second-order valence-corrected chi connectivity index (χ2v) is 9.44. The van der Waals surface area contributed by atoms with E-state index in [1.807, 2.05) is 18.8 Å². The van der Waals surface area contributed by atoms with Crippen molar-refractivity contribution in [2.75, 3.05) is 52.2 Å². The highest BCUT2D eigenvalue weighted by Crippen LogP contribution is 2.29. The van der Waals surface area contributed by atoms with Gasteiger partial charge in [-0.25, -0.2) is 0 Å². The predicted octanol–water partition coefficient (Wildman–Crippen LogP) is 2.42. The molecule has 2 fully saturated rings. The zero-order chi connectivity index (χ0) is 18.4. The minimum atomic E-state index is 0.289.